The number of nitrogens with one attached hydrogen (secondary N) is 1. The van der Waals surface area contributed by atoms with Crippen LogP contribution in [-0.4, -0.2) is 15.5 Å². The molecule has 2 aromatic carbocycles. The van der Waals surface area contributed by atoms with Crippen molar-refractivity contribution in [3.8, 4) is 11.4 Å². The predicted octanol–water partition coefficient (Wildman–Crippen LogP) is 6.44. The molecule has 2 heterocycles. The first kappa shape index (κ1) is 23.5. The molecule has 2 aromatic heterocycles. The normalized spacial score (nSPS) is 14.1. The molecule has 4 aromatic rings. The fourth-order valence-electron chi connectivity index (χ4n) is 5.29. The SMILES string of the molecule is Cc1cccc(-c2nc3sc4c(c3c(=O)n2C(C)C(=O)Nc2c(C)cc(C)cc2C)CCCC4)c1. The molecule has 0 spiro atoms. The molecule has 5 rings (SSSR count). The third-order valence-corrected chi connectivity index (χ3v) is 8.17. The van der Waals surface area contributed by atoms with Gasteiger partial charge < -0.3 is 5.32 Å². The van der Waals surface area contributed by atoms with Crippen molar-refractivity contribution >= 4 is 33.1 Å². The van der Waals surface area contributed by atoms with E-state index < -0.39 is 6.04 Å². The number of aromatic nitrogens is 2. The number of thiophene rings is 1. The Morgan fingerprint density at radius 3 is 2.46 bits per heavy atom. The number of carbonyl (C=O) groups is 1. The van der Waals surface area contributed by atoms with Crippen molar-refractivity contribution in [2.24, 2.45) is 0 Å². The molecule has 1 aliphatic rings. The maximum absolute atomic E-state index is 14.1. The zero-order chi connectivity index (χ0) is 24.9. The van der Waals surface area contributed by atoms with E-state index in [1.54, 1.807) is 22.8 Å². The molecule has 180 valence electrons. The van der Waals surface area contributed by atoms with Crippen LogP contribution in [-0.2, 0) is 17.6 Å². The Morgan fingerprint density at radius 1 is 1.03 bits per heavy atom. The van der Waals surface area contributed by atoms with Crippen molar-refractivity contribution in [3.05, 3.63) is 79.4 Å². The lowest BCUT2D eigenvalue weighted by Crippen LogP contribution is -2.34. The Balaban J connectivity index is 1.67. The van der Waals surface area contributed by atoms with Gasteiger partial charge in [-0.15, -0.1) is 11.3 Å². The lowest BCUT2D eigenvalue weighted by atomic mass is 9.97. The summed E-state index contributed by atoms with van der Waals surface area (Å²) >= 11 is 1.64. The van der Waals surface area contributed by atoms with E-state index in [-0.39, 0.29) is 11.5 Å². The van der Waals surface area contributed by atoms with Gasteiger partial charge in [-0.3, -0.25) is 14.2 Å². The van der Waals surface area contributed by atoms with E-state index in [0.717, 1.165) is 69.6 Å². The summed E-state index contributed by atoms with van der Waals surface area (Å²) in [7, 11) is 0. The minimum atomic E-state index is -0.728. The first-order chi connectivity index (χ1) is 16.7. The van der Waals surface area contributed by atoms with Gasteiger partial charge in [-0.05, 0) is 83.1 Å². The summed E-state index contributed by atoms with van der Waals surface area (Å²) in [6, 6.07) is 11.4. The molecule has 35 heavy (non-hydrogen) atoms. The molecule has 0 saturated carbocycles. The fourth-order valence-corrected chi connectivity index (χ4v) is 6.54. The second-order valence-corrected chi connectivity index (χ2v) is 10.9. The number of carbonyl (C=O) groups excluding carboxylic acids is 1. The molecule has 1 amide bonds. The highest BCUT2D eigenvalue weighted by atomic mass is 32.1. The molecule has 1 unspecified atom stereocenters. The van der Waals surface area contributed by atoms with Gasteiger partial charge in [-0.2, -0.15) is 0 Å². The van der Waals surface area contributed by atoms with E-state index in [1.807, 2.05) is 52.0 Å². The minimum Gasteiger partial charge on any atom is -0.324 e. The molecule has 1 aliphatic carbocycles. The zero-order valence-corrected chi connectivity index (χ0v) is 21.8. The van der Waals surface area contributed by atoms with Crippen LogP contribution in [0, 0.1) is 27.7 Å². The number of hydrogen-bond donors (Lipinski definition) is 1. The predicted molar refractivity (Wildman–Crippen MR) is 145 cm³/mol. The molecular weight excluding hydrogens is 454 g/mol. The highest BCUT2D eigenvalue weighted by Gasteiger charge is 2.27. The number of benzene rings is 2. The van der Waals surface area contributed by atoms with Crippen molar-refractivity contribution in [1.82, 2.24) is 9.55 Å². The second kappa shape index (κ2) is 9.08. The molecule has 5 nitrogen and oxygen atoms in total. The van der Waals surface area contributed by atoms with Crippen LogP contribution < -0.4 is 10.9 Å². The third-order valence-electron chi connectivity index (χ3n) is 6.99. The Bertz CT molecular complexity index is 1510. The van der Waals surface area contributed by atoms with Crippen LogP contribution >= 0.6 is 11.3 Å². The van der Waals surface area contributed by atoms with Crippen LogP contribution in [0.2, 0.25) is 0 Å². The average molecular weight is 486 g/mol. The van der Waals surface area contributed by atoms with Crippen molar-refractivity contribution in [1.29, 1.82) is 0 Å². The number of aryl methyl sites for hydroxylation is 6. The fraction of sp³-hybridized carbons (Fsp3) is 0.345. The van der Waals surface area contributed by atoms with E-state index in [9.17, 15) is 9.59 Å². The van der Waals surface area contributed by atoms with Crippen molar-refractivity contribution in [2.75, 3.05) is 5.32 Å². The lowest BCUT2D eigenvalue weighted by Gasteiger charge is -2.21. The summed E-state index contributed by atoms with van der Waals surface area (Å²) in [4.78, 5) is 34.7. The van der Waals surface area contributed by atoms with Gasteiger partial charge in [0.2, 0.25) is 5.91 Å². The largest absolute Gasteiger partial charge is 0.324 e. The van der Waals surface area contributed by atoms with E-state index in [0.29, 0.717) is 11.2 Å². The smallest absolute Gasteiger partial charge is 0.263 e. The van der Waals surface area contributed by atoms with Gasteiger partial charge >= 0.3 is 0 Å². The van der Waals surface area contributed by atoms with E-state index in [4.69, 9.17) is 4.98 Å². The van der Waals surface area contributed by atoms with Crippen LogP contribution in [0.5, 0.6) is 0 Å². The van der Waals surface area contributed by atoms with Gasteiger partial charge in [0.05, 0.1) is 5.39 Å². The van der Waals surface area contributed by atoms with Gasteiger partial charge in [-0.1, -0.05) is 41.5 Å². The number of hydrogen-bond acceptors (Lipinski definition) is 4. The van der Waals surface area contributed by atoms with E-state index in [2.05, 4.69) is 17.4 Å². The summed E-state index contributed by atoms with van der Waals surface area (Å²) in [6.07, 6.45) is 4.13. The van der Waals surface area contributed by atoms with Gasteiger partial charge in [-0.25, -0.2) is 4.98 Å². The maximum Gasteiger partial charge on any atom is 0.263 e. The van der Waals surface area contributed by atoms with E-state index >= 15 is 0 Å². The number of nitrogens with zero attached hydrogens (tertiary/aromatic N) is 2. The van der Waals surface area contributed by atoms with Gasteiger partial charge in [0.1, 0.15) is 16.7 Å². The maximum atomic E-state index is 14.1. The van der Waals surface area contributed by atoms with Gasteiger partial charge in [0.25, 0.3) is 5.56 Å². The Hall–Kier alpha value is -3.25. The topological polar surface area (TPSA) is 64.0 Å². The molecule has 0 aliphatic heterocycles. The lowest BCUT2D eigenvalue weighted by molar-refractivity contribution is -0.118. The molecule has 0 saturated heterocycles. The van der Waals surface area contributed by atoms with Crippen LogP contribution in [0.15, 0.2) is 41.2 Å². The molecule has 1 atom stereocenters. The van der Waals surface area contributed by atoms with E-state index in [1.165, 1.54) is 4.88 Å². The highest BCUT2D eigenvalue weighted by Crippen LogP contribution is 2.35. The number of rotatable bonds is 4. The first-order valence-electron chi connectivity index (χ1n) is 12.3. The highest BCUT2D eigenvalue weighted by molar-refractivity contribution is 7.18. The summed E-state index contributed by atoms with van der Waals surface area (Å²) in [5.41, 5.74) is 6.92. The summed E-state index contributed by atoms with van der Waals surface area (Å²) in [5.74, 6) is 0.325. The summed E-state index contributed by atoms with van der Waals surface area (Å²) in [5, 5.41) is 3.80. The minimum absolute atomic E-state index is 0.120. The van der Waals surface area contributed by atoms with Crippen LogP contribution in [0.1, 0.15) is 58.5 Å². The molecular formula is C29H31N3O2S. The molecule has 1 N–H and O–H groups in total. The van der Waals surface area contributed by atoms with Gasteiger partial charge in [0, 0.05) is 16.1 Å². The number of anilines is 1. The van der Waals surface area contributed by atoms with Crippen molar-refractivity contribution < 1.29 is 4.79 Å². The molecule has 0 bridgehead atoms. The van der Waals surface area contributed by atoms with Gasteiger partial charge in [0.15, 0.2) is 0 Å². The first-order valence-corrected chi connectivity index (χ1v) is 13.1. The summed E-state index contributed by atoms with van der Waals surface area (Å²) in [6.45, 7) is 9.85. The van der Waals surface area contributed by atoms with Crippen LogP contribution in [0.4, 0.5) is 5.69 Å². The quantitative estimate of drug-likeness (QED) is 0.362. The second-order valence-electron chi connectivity index (χ2n) is 9.81. The molecule has 0 radical (unpaired) electrons. The third kappa shape index (κ3) is 4.20. The van der Waals surface area contributed by atoms with Crippen LogP contribution in [0.25, 0.3) is 21.6 Å². The van der Waals surface area contributed by atoms with Crippen molar-refractivity contribution in [2.45, 2.75) is 66.3 Å². The molecule has 6 heteroatoms. The summed E-state index contributed by atoms with van der Waals surface area (Å²) < 4.78 is 1.60. The zero-order valence-electron chi connectivity index (χ0n) is 21.0. The Kier molecular flexibility index (Phi) is 6.09. The Labute approximate surface area is 209 Å². The Morgan fingerprint density at radius 2 is 1.74 bits per heavy atom. The van der Waals surface area contributed by atoms with Crippen LogP contribution in [0.3, 0.4) is 0 Å². The average Bonchev–Trinajstić information content (AvgIpc) is 3.19. The molecule has 0 fully saturated rings. The number of fused-ring (bicyclic) bond motifs is 3. The monoisotopic (exact) mass is 485 g/mol. The standard InChI is InChI=1S/C29H31N3O2S/c1-16-9-8-10-21(15-16)26-31-28-24(22-11-6-7-12-23(22)35-28)29(34)32(26)20(5)27(33)30-25-18(3)13-17(2)14-19(25)4/h8-10,13-15,20H,6-7,11-12H2,1-5H3,(H,30,33). The van der Waals surface area contributed by atoms with Crippen molar-refractivity contribution in [3.63, 3.8) is 0 Å². The number of amides is 1.